The molecule has 2 rings (SSSR count). The molecule has 0 spiro atoms. The van der Waals surface area contributed by atoms with Crippen LogP contribution in [0.25, 0.3) is 0 Å². The number of nitrogens with one attached hydrogen (secondary N) is 1. The van der Waals surface area contributed by atoms with Gasteiger partial charge >= 0.3 is 0 Å². The molecular formula is C6H9N3. The molecule has 2 aliphatic rings. The summed E-state index contributed by atoms with van der Waals surface area (Å²) < 4.78 is 0. The number of hydrogen-bond acceptors (Lipinski definition) is 3. The summed E-state index contributed by atoms with van der Waals surface area (Å²) in [5.74, 6) is 0.715. The van der Waals surface area contributed by atoms with Crippen LogP contribution in [0.5, 0.6) is 0 Å². The van der Waals surface area contributed by atoms with E-state index < -0.39 is 0 Å². The van der Waals surface area contributed by atoms with E-state index >= 15 is 0 Å². The third kappa shape index (κ3) is 0.772. The topological polar surface area (TPSA) is 36.8 Å². The lowest BCUT2D eigenvalue weighted by Crippen LogP contribution is -2.47. The molecule has 0 aromatic carbocycles. The monoisotopic (exact) mass is 123 g/mol. The van der Waals surface area contributed by atoms with Crippen LogP contribution in [0.4, 0.5) is 0 Å². The maximum atomic E-state index is 4.17. The van der Waals surface area contributed by atoms with Gasteiger partial charge in [-0.1, -0.05) is 0 Å². The minimum atomic E-state index is 0.381. The zero-order valence-electron chi connectivity index (χ0n) is 5.12. The van der Waals surface area contributed by atoms with Gasteiger partial charge in [0.25, 0.3) is 0 Å². The molecule has 48 valence electrons. The van der Waals surface area contributed by atoms with Crippen LogP contribution in [-0.4, -0.2) is 31.7 Å². The number of rotatable bonds is 1. The Balaban J connectivity index is 1.97. The third-order valence-electron chi connectivity index (χ3n) is 1.84. The molecule has 0 aromatic rings. The summed E-state index contributed by atoms with van der Waals surface area (Å²) in [4.78, 5) is 8.09. The lowest BCUT2D eigenvalue weighted by molar-refractivity contribution is 0.335. The highest BCUT2D eigenvalue weighted by molar-refractivity contribution is 5.82. The van der Waals surface area contributed by atoms with Crippen LogP contribution in [0.15, 0.2) is 9.98 Å². The largest absolute Gasteiger partial charge is 0.316 e. The van der Waals surface area contributed by atoms with Gasteiger partial charge in [-0.05, 0) is 0 Å². The third-order valence-corrected chi connectivity index (χ3v) is 1.84. The van der Waals surface area contributed by atoms with E-state index in [0.717, 1.165) is 13.1 Å². The fraction of sp³-hybridized carbons (Fsp3) is 0.667. The summed E-state index contributed by atoms with van der Waals surface area (Å²) in [6.45, 7) is 2.21. The Hall–Kier alpha value is -0.700. The normalized spacial score (nSPS) is 33.1. The molecule has 3 heteroatoms. The highest BCUT2D eigenvalue weighted by Gasteiger charge is 2.25. The van der Waals surface area contributed by atoms with Crippen molar-refractivity contribution < 1.29 is 0 Å². The van der Waals surface area contributed by atoms with Crippen LogP contribution in [0.2, 0.25) is 0 Å². The summed E-state index contributed by atoms with van der Waals surface area (Å²) in [6, 6.07) is 0.381. The van der Waals surface area contributed by atoms with Gasteiger partial charge in [0.2, 0.25) is 0 Å². The zero-order valence-corrected chi connectivity index (χ0v) is 5.12. The highest BCUT2D eigenvalue weighted by Crippen LogP contribution is 2.12. The predicted molar refractivity (Wildman–Crippen MR) is 37.1 cm³/mol. The molecule has 9 heavy (non-hydrogen) atoms. The van der Waals surface area contributed by atoms with Crippen molar-refractivity contribution in [2.24, 2.45) is 15.9 Å². The van der Waals surface area contributed by atoms with E-state index in [2.05, 4.69) is 15.3 Å². The average Bonchev–Trinajstić information content (AvgIpc) is 2.11. The van der Waals surface area contributed by atoms with Crippen molar-refractivity contribution in [1.29, 1.82) is 0 Å². The van der Waals surface area contributed by atoms with Crippen LogP contribution in [0, 0.1) is 5.92 Å². The first-order chi connectivity index (χ1) is 4.47. The van der Waals surface area contributed by atoms with Crippen LogP contribution < -0.4 is 5.32 Å². The number of hydrogen-bond donors (Lipinski definition) is 1. The van der Waals surface area contributed by atoms with Crippen molar-refractivity contribution in [2.75, 3.05) is 13.1 Å². The number of aliphatic imine (C=N–C) groups is 2. The molecule has 1 saturated heterocycles. The first kappa shape index (κ1) is 5.11. The van der Waals surface area contributed by atoms with E-state index in [1.165, 1.54) is 0 Å². The van der Waals surface area contributed by atoms with Crippen LogP contribution in [-0.2, 0) is 0 Å². The van der Waals surface area contributed by atoms with E-state index in [0.29, 0.717) is 12.0 Å². The van der Waals surface area contributed by atoms with Crippen LogP contribution >= 0.6 is 0 Å². The Bertz CT molecular complexity index is 146. The fourth-order valence-electron chi connectivity index (χ4n) is 1.08. The zero-order chi connectivity index (χ0) is 6.10. The van der Waals surface area contributed by atoms with Gasteiger partial charge in [0, 0.05) is 25.2 Å². The maximum absolute atomic E-state index is 4.17. The molecule has 0 radical (unpaired) electrons. The minimum absolute atomic E-state index is 0.381. The Labute approximate surface area is 53.9 Å². The van der Waals surface area contributed by atoms with Gasteiger partial charge in [0.1, 0.15) is 6.34 Å². The summed E-state index contributed by atoms with van der Waals surface area (Å²) >= 11 is 0. The molecule has 0 bridgehead atoms. The summed E-state index contributed by atoms with van der Waals surface area (Å²) in [7, 11) is 0. The standard InChI is InChI=1S/C6H9N3/c1-5(2-7-1)6-3-8-4-9-6/h3-7H,1-2H2. The lowest BCUT2D eigenvalue weighted by atomic mass is 9.96. The van der Waals surface area contributed by atoms with E-state index in [9.17, 15) is 0 Å². The molecule has 0 saturated carbocycles. The predicted octanol–water partition coefficient (Wildman–Crippen LogP) is -0.313. The van der Waals surface area contributed by atoms with Crippen molar-refractivity contribution in [2.45, 2.75) is 6.04 Å². The smallest absolute Gasteiger partial charge is 0.110 e. The molecule has 1 unspecified atom stereocenters. The second-order valence-electron chi connectivity index (χ2n) is 2.47. The molecule has 0 aliphatic carbocycles. The van der Waals surface area contributed by atoms with E-state index in [4.69, 9.17) is 0 Å². The van der Waals surface area contributed by atoms with Gasteiger partial charge in [0.05, 0.1) is 6.04 Å². The maximum Gasteiger partial charge on any atom is 0.110 e. The van der Waals surface area contributed by atoms with Gasteiger partial charge < -0.3 is 5.32 Å². The van der Waals surface area contributed by atoms with Gasteiger partial charge in [0.15, 0.2) is 0 Å². The van der Waals surface area contributed by atoms with Gasteiger partial charge in [-0.15, -0.1) is 0 Å². The second kappa shape index (κ2) is 1.92. The molecule has 0 amide bonds. The molecule has 2 aliphatic heterocycles. The fourth-order valence-corrected chi connectivity index (χ4v) is 1.08. The second-order valence-corrected chi connectivity index (χ2v) is 2.47. The average molecular weight is 123 g/mol. The first-order valence-corrected chi connectivity index (χ1v) is 3.22. The van der Waals surface area contributed by atoms with Gasteiger partial charge in [-0.2, -0.15) is 0 Å². The lowest BCUT2D eigenvalue weighted by Gasteiger charge is -2.28. The molecule has 3 nitrogen and oxygen atoms in total. The van der Waals surface area contributed by atoms with Crippen molar-refractivity contribution in [3.63, 3.8) is 0 Å². The van der Waals surface area contributed by atoms with E-state index in [1.54, 1.807) is 6.34 Å². The first-order valence-electron chi connectivity index (χ1n) is 3.22. The molecule has 1 N–H and O–H groups in total. The Morgan fingerprint density at radius 3 is 2.78 bits per heavy atom. The Morgan fingerprint density at radius 2 is 2.33 bits per heavy atom. The van der Waals surface area contributed by atoms with Crippen molar-refractivity contribution >= 4 is 12.6 Å². The molecule has 2 heterocycles. The van der Waals surface area contributed by atoms with Crippen molar-refractivity contribution in [3.05, 3.63) is 0 Å². The van der Waals surface area contributed by atoms with E-state index in [1.807, 2.05) is 6.21 Å². The SMILES string of the molecule is C1=NC=NC1C1CNC1. The van der Waals surface area contributed by atoms with Gasteiger partial charge in [-0.25, -0.2) is 4.99 Å². The van der Waals surface area contributed by atoms with Crippen LogP contribution in [0.3, 0.4) is 0 Å². The Kier molecular flexibility index (Phi) is 1.09. The summed E-state index contributed by atoms with van der Waals surface area (Å²) in [5, 5.41) is 3.20. The van der Waals surface area contributed by atoms with Crippen LogP contribution in [0.1, 0.15) is 0 Å². The molecule has 1 atom stereocenters. The summed E-state index contributed by atoms with van der Waals surface area (Å²) in [6.07, 6.45) is 3.56. The van der Waals surface area contributed by atoms with Crippen molar-refractivity contribution in [1.82, 2.24) is 5.32 Å². The highest BCUT2D eigenvalue weighted by atomic mass is 15.0. The molecule has 1 fully saturated rings. The Morgan fingerprint density at radius 1 is 1.44 bits per heavy atom. The van der Waals surface area contributed by atoms with Crippen molar-refractivity contribution in [3.8, 4) is 0 Å². The molecule has 0 aromatic heterocycles. The quantitative estimate of drug-likeness (QED) is 0.510. The van der Waals surface area contributed by atoms with Gasteiger partial charge in [-0.3, -0.25) is 4.99 Å². The van der Waals surface area contributed by atoms with E-state index in [-0.39, 0.29) is 0 Å². The minimum Gasteiger partial charge on any atom is -0.316 e. The molecular weight excluding hydrogens is 114 g/mol. The number of nitrogens with zero attached hydrogens (tertiary/aromatic N) is 2. The summed E-state index contributed by atoms with van der Waals surface area (Å²) in [5.41, 5.74) is 0.